The number of hydrogen-bond donors (Lipinski definition) is 1. The van der Waals surface area contributed by atoms with Crippen LogP contribution < -0.4 is 5.32 Å². The van der Waals surface area contributed by atoms with E-state index in [-0.39, 0.29) is 17.3 Å². The van der Waals surface area contributed by atoms with Crippen LogP contribution in [0.1, 0.15) is 6.92 Å². The van der Waals surface area contributed by atoms with E-state index in [1.165, 1.54) is 17.8 Å². The number of halogens is 2. The zero-order valence-corrected chi connectivity index (χ0v) is 11.5. The van der Waals surface area contributed by atoms with E-state index in [9.17, 15) is 13.6 Å². The highest BCUT2D eigenvalue weighted by Gasteiger charge is 2.09. The van der Waals surface area contributed by atoms with Gasteiger partial charge in [-0.15, -0.1) is 10.2 Å². The van der Waals surface area contributed by atoms with Crippen molar-refractivity contribution in [3.8, 4) is 0 Å². The van der Waals surface area contributed by atoms with E-state index in [0.29, 0.717) is 11.7 Å². The van der Waals surface area contributed by atoms with Gasteiger partial charge in [-0.25, -0.2) is 8.78 Å². The topological polar surface area (TPSA) is 59.8 Å². The minimum atomic E-state index is -0.999. The van der Waals surface area contributed by atoms with Gasteiger partial charge in [-0.05, 0) is 19.1 Å². The molecule has 0 saturated heterocycles. The highest BCUT2D eigenvalue weighted by molar-refractivity contribution is 7.99. The summed E-state index contributed by atoms with van der Waals surface area (Å²) >= 11 is 1.22. The number of carbonyl (C=O) groups is 1. The average molecular weight is 298 g/mol. The third kappa shape index (κ3) is 3.53. The fraction of sp³-hybridized carbons (Fsp3) is 0.250. The van der Waals surface area contributed by atoms with E-state index in [4.69, 9.17) is 0 Å². The van der Waals surface area contributed by atoms with Crippen LogP contribution in [0.2, 0.25) is 0 Å². The maximum Gasteiger partial charge on any atom is 0.234 e. The van der Waals surface area contributed by atoms with Crippen LogP contribution in [0.15, 0.2) is 29.7 Å². The third-order valence-corrected chi connectivity index (χ3v) is 3.44. The molecular weight excluding hydrogens is 286 g/mol. The van der Waals surface area contributed by atoms with Crippen LogP contribution in [0.3, 0.4) is 0 Å². The second kappa shape index (κ2) is 6.47. The number of anilines is 1. The summed E-state index contributed by atoms with van der Waals surface area (Å²) in [6.45, 7) is 2.65. The molecule has 8 heteroatoms. The van der Waals surface area contributed by atoms with Crippen molar-refractivity contribution in [1.82, 2.24) is 14.8 Å². The first-order chi connectivity index (χ1) is 9.60. The minimum absolute atomic E-state index is 0.109. The van der Waals surface area contributed by atoms with Gasteiger partial charge in [0, 0.05) is 18.3 Å². The normalized spacial score (nSPS) is 10.6. The van der Waals surface area contributed by atoms with Gasteiger partial charge in [0.15, 0.2) is 16.8 Å². The number of aromatic nitrogens is 3. The molecule has 0 unspecified atom stereocenters. The van der Waals surface area contributed by atoms with Crippen molar-refractivity contribution < 1.29 is 13.6 Å². The molecule has 5 nitrogen and oxygen atoms in total. The van der Waals surface area contributed by atoms with Crippen molar-refractivity contribution in [3.63, 3.8) is 0 Å². The van der Waals surface area contributed by atoms with Crippen LogP contribution >= 0.6 is 11.8 Å². The zero-order chi connectivity index (χ0) is 14.5. The van der Waals surface area contributed by atoms with Crippen LogP contribution in [-0.4, -0.2) is 26.4 Å². The summed E-state index contributed by atoms with van der Waals surface area (Å²) in [5.41, 5.74) is 0.214. The molecular formula is C12H12F2N4OS. The van der Waals surface area contributed by atoms with E-state index in [1.807, 2.05) is 6.92 Å². The molecule has 106 valence electrons. The van der Waals surface area contributed by atoms with Gasteiger partial charge in [-0.3, -0.25) is 4.79 Å². The maximum absolute atomic E-state index is 13.0. The molecule has 0 aliphatic heterocycles. The largest absolute Gasteiger partial charge is 0.325 e. The SMILES string of the molecule is CCn1cnnc1SCC(=O)Nc1ccc(F)c(F)c1. The van der Waals surface area contributed by atoms with Crippen molar-refractivity contribution >= 4 is 23.4 Å². The lowest BCUT2D eigenvalue weighted by atomic mass is 10.3. The van der Waals surface area contributed by atoms with Crippen LogP contribution in [0.5, 0.6) is 0 Å². The number of rotatable bonds is 5. The highest BCUT2D eigenvalue weighted by Crippen LogP contribution is 2.16. The average Bonchev–Trinajstić information content (AvgIpc) is 2.88. The summed E-state index contributed by atoms with van der Waals surface area (Å²) < 4.78 is 27.5. The van der Waals surface area contributed by atoms with Gasteiger partial charge in [-0.1, -0.05) is 11.8 Å². The Morgan fingerprint density at radius 3 is 2.90 bits per heavy atom. The van der Waals surface area contributed by atoms with E-state index >= 15 is 0 Å². The number of nitrogens with zero attached hydrogens (tertiary/aromatic N) is 3. The predicted octanol–water partition coefficient (Wildman–Crippen LogP) is 2.31. The van der Waals surface area contributed by atoms with E-state index in [0.717, 1.165) is 12.1 Å². The first-order valence-corrected chi connectivity index (χ1v) is 6.84. The monoisotopic (exact) mass is 298 g/mol. The summed E-state index contributed by atoms with van der Waals surface area (Å²) in [5.74, 6) is -2.17. The predicted molar refractivity (Wildman–Crippen MR) is 71.4 cm³/mol. The second-order valence-electron chi connectivity index (χ2n) is 3.87. The van der Waals surface area contributed by atoms with Gasteiger partial charge < -0.3 is 9.88 Å². The van der Waals surface area contributed by atoms with Gasteiger partial charge in [-0.2, -0.15) is 0 Å². The van der Waals surface area contributed by atoms with Crippen LogP contribution in [0, 0.1) is 11.6 Å². The quantitative estimate of drug-likeness (QED) is 0.861. The molecule has 0 aliphatic rings. The van der Waals surface area contributed by atoms with Gasteiger partial charge in [0.2, 0.25) is 5.91 Å². The molecule has 0 fully saturated rings. The third-order valence-electron chi connectivity index (χ3n) is 2.46. The number of benzene rings is 1. The first kappa shape index (κ1) is 14.4. The Labute approximate surface area is 118 Å². The first-order valence-electron chi connectivity index (χ1n) is 5.85. The lowest BCUT2D eigenvalue weighted by molar-refractivity contribution is -0.113. The number of hydrogen-bond acceptors (Lipinski definition) is 4. The Bertz CT molecular complexity index is 617. The fourth-order valence-electron chi connectivity index (χ4n) is 1.47. The summed E-state index contributed by atoms with van der Waals surface area (Å²) in [4.78, 5) is 11.7. The molecule has 2 aromatic rings. The zero-order valence-electron chi connectivity index (χ0n) is 10.6. The van der Waals surface area contributed by atoms with Gasteiger partial charge in [0.1, 0.15) is 6.33 Å². The molecule has 0 aliphatic carbocycles. The summed E-state index contributed by atoms with van der Waals surface area (Å²) in [5, 5.41) is 10.7. The van der Waals surface area contributed by atoms with Gasteiger partial charge in [0.05, 0.1) is 5.75 Å². The molecule has 0 atom stereocenters. The van der Waals surface area contributed by atoms with Crippen molar-refractivity contribution in [3.05, 3.63) is 36.2 Å². The Hall–Kier alpha value is -1.96. The number of aryl methyl sites for hydroxylation is 1. The van der Waals surface area contributed by atoms with Crippen LogP contribution in [0.4, 0.5) is 14.5 Å². The molecule has 2 rings (SSSR count). The van der Waals surface area contributed by atoms with E-state index in [2.05, 4.69) is 15.5 Å². The number of nitrogens with one attached hydrogen (secondary N) is 1. The molecule has 0 saturated carbocycles. The number of thioether (sulfide) groups is 1. The molecule has 0 radical (unpaired) electrons. The number of amides is 1. The Kier molecular flexibility index (Phi) is 4.67. The van der Waals surface area contributed by atoms with Gasteiger partial charge in [0.25, 0.3) is 0 Å². The molecule has 1 amide bonds. The van der Waals surface area contributed by atoms with Crippen molar-refractivity contribution in [2.24, 2.45) is 0 Å². The Morgan fingerprint density at radius 1 is 1.40 bits per heavy atom. The molecule has 1 heterocycles. The van der Waals surface area contributed by atoms with Crippen molar-refractivity contribution in [1.29, 1.82) is 0 Å². The molecule has 1 N–H and O–H groups in total. The van der Waals surface area contributed by atoms with E-state index in [1.54, 1.807) is 10.9 Å². The molecule has 20 heavy (non-hydrogen) atoms. The van der Waals surface area contributed by atoms with Gasteiger partial charge >= 0.3 is 0 Å². The fourth-order valence-corrected chi connectivity index (χ4v) is 2.25. The molecule has 0 bridgehead atoms. The Morgan fingerprint density at radius 2 is 2.20 bits per heavy atom. The highest BCUT2D eigenvalue weighted by atomic mass is 32.2. The lowest BCUT2D eigenvalue weighted by Crippen LogP contribution is -2.14. The van der Waals surface area contributed by atoms with E-state index < -0.39 is 11.6 Å². The van der Waals surface area contributed by atoms with Crippen LogP contribution in [0.25, 0.3) is 0 Å². The maximum atomic E-state index is 13.0. The summed E-state index contributed by atoms with van der Waals surface area (Å²) in [7, 11) is 0. The summed E-state index contributed by atoms with van der Waals surface area (Å²) in [6, 6.07) is 3.20. The standard InChI is InChI=1S/C12H12F2N4OS/c1-2-18-7-15-17-12(18)20-6-11(19)16-8-3-4-9(13)10(14)5-8/h3-5,7H,2,6H2,1H3,(H,16,19). The lowest BCUT2D eigenvalue weighted by Gasteiger charge is -2.05. The minimum Gasteiger partial charge on any atom is -0.325 e. The Balaban J connectivity index is 1.91. The molecule has 0 spiro atoms. The smallest absolute Gasteiger partial charge is 0.234 e. The van der Waals surface area contributed by atoms with Crippen molar-refractivity contribution in [2.75, 3.05) is 11.1 Å². The second-order valence-corrected chi connectivity index (χ2v) is 4.81. The summed E-state index contributed by atoms with van der Waals surface area (Å²) in [6.07, 6.45) is 1.58. The number of carbonyl (C=O) groups excluding carboxylic acids is 1. The van der Waals surface area contributed by atoms with Crippen molar-refractivity contribution in [2.45, 2.75) is 18.6 Å². The molecule has 1 aromatic heterocycles. The van der Waals surface area contributed by atoms with Crippen LogP contribution in [-0.2, 0) is 11.3 Å². The molecule has 1 aromatic carbocycles.